The molecule has 0 aliphatic carbocycles. The quantitative estimate of drug-likeness (QED) is 0.440. The van der Waals surface area contributed by atoms with Crippen molar-refractivity contribution >= 4 is 29.2 Å². The van der Waals surface area contributed by atoms with E-state index >= 15 is 0 Å². The Bertz CT molecular complexity index is 1350. The highest BCUT2D eigenvalue weighted by atomic mass is 35.5. The van der Waals surface area contributed by atoms with Gasteiger partial charge in [0, 0.05) is 27.3 Å². The Morgan fingerprint density at radius 2 is 1.57 bits per heavy atom. The smallest absolute Gasteiger partial charge is 0.416 e. The molecule has 0 radical (unpaired) electrons. The highest BCUT2D eigenvalue weighted by molar-refractivity contribution is 6.30. The summed E-state index contributed by atoms with van der Waals surface area (Å²) >= 11 is 6.09. The average molecular weight is 529 g/mol. The second kappa shape index (κ2) is 11.0. The van der Waals surface area contributed by atoms with Gasteiger partial charge < -0.3 is 20.0 Å². The third kappa shape index (κ3) is 7.51. The van der Waals surface area contributed by atoms with Crippen LogP contribution >= 0.6 is 11.6 Å². The van der Waals surface area contributed by atoms with E-state index in [2.05, 4.69) is 17.2 Å². The van der Waals surface area contributed by atoms with Gasteiger partial charge in [-0.25, -0.2) is 0 Å². The molecule has 3 aromatic rings. The van der Waals surface area contributed by atoms with E-state index in [9.17, 15) is 27.9 Å². The van der Waals surface area contributed by atoms with Crippen molar-refractivity contribution < 1.29 is 32.6 Å². The molecule has 1 atom stereocenters. The molecule has 0 heterocycles. The Kier molecular flexibility index (Phi) is 8.19. The van der Waals surface area contributed by atoms with Gasteiger partial charge in [-0.3, -0.25) is 4.79 Å². The lowest BCUT2D eigenvalue weighted by atomic mass is 9.89. The number of alkyl halides is 3. The summed E-state index contributed by atoms with van der Waals surface area (Å²) in [6.07, 6.45) is -5.70. The van der Waals surface area contributed by atoms with Crippen LogP contribution in [0.4, 0.5) is 18.9 Å². The third-order valence-corrected chi connectivity index (χ3v) is 5.38. The van der Waals surface area contributed by atoms with Gasteiger partial charge in [0.25, 0.3) is 5.91 Å². The fourth-order valence-corrected chi connectivity index (χ4v) is 3.37. The van der Waals surface area contributed by atoms with Gasteiger partial charge in [-0.05, 0) is 66.7 Å². The van der Waals surface area contributed by atoms with Crippen LogP contribution < -0.4 is 15.2 Å². The van der Waals surface area contributed by atoms with Crippen LogP contribution in [0.5, 0.6) is 5.75 Å². The Balaban J connectivity index is 1.75. The van der Waals surface area contributed by atoms with Crippen molar-refractivity contribution in [3.63, 3.8) is 0 Å². The predicted octanol–water partition coefficient (Wildman–Crippen LogP) is 5.55. The first-order chi connectivity index (χ1) is 17.2. The molecule has 0 aliphatic heterocycles. The van der Waals surface area contributed by atoms with Crippen LogP contribution in [0.25, 0.3) is 0 Å². The summed E-state index contributed by atoms with van der Waals surface area (Å²) in [5.41, 5.74) is -0.119. The summed E-state index contributed by atoms with van der Waals surface area (Å²) in [5, 5.41) is 14.6. The molecule has 0 aromatic heterocycles. The van der Waals surface area contributed by atoms with Crippen LogP contribution in [0, 0.1) is 17.3 Å². The van der Waals surface area contributed by atoms with E-state index in [0.29, 0.717) is 21.8 Å². The minimum absolute atomic E-state index is 0.0791. The van der Waals surface area contributed by atoms with Crippen LogP contribution in [0.1, 0.15) is 47.8 Å². The molecule has 37 heavy (non-hydrogen) atoms. The Morgan fingerprint density at radius 1 is 0.946 bits per heavy atom. The average Bonchev–Trinajstić information content (AvgIpc) is 2.81. The first kappa shape index (κ1) is 27.6. The maximum absolute atomic E-state index is 12.7. The van der Waals surface area contributed by atoms with E-state index < -0.39 is 35.1 Å². The molecule has 3 rings (SSSR count). The van der Waals surface area contributed by atoms with E-state index in [0.717, 1.165) is 24.3 Å². The number of hydrogen-bond acceptors (Lipinski definition) is 4. The molecule has 0 spiro atoms. The number of anilines is 1. The maximum atomic E-state index is 12.7. The molecule has 3 aromatic carbocycles. The molecule has 0 saturated carbocycles. The lowest BCUT2D eigenvalue weighted by Crippen LogP contribution is -2.47. The van der Waals surface area contributed by atoms with Gasteiger partial charge in [-0.15, -0.1) is 0 Å². The number of nitrogens with one attached hydrogen (secondary N) is 1. The molecular formula is C28H22ClF3NO4-. The number of carbonyl (C=O) groups excluding carboxylic acids is 2. The van der Waals surface area contributed by atoms with Gasteiger partial charge in [0.1, 0.15) is 11.9 Å². The standard InChI is InChI=1S/C28H23ClF3NO4/c1-27(2,3)24(26(35)36)37-23-15-12-21(29)16-19(23)7-4-17-5-13-22(14-6-17)33-25(34)18-8-10-20(11-9-18)28(30,31)32/h5-6,8-16,24H,1-3H3,(H,33,34)(H,35,36)/p-1. The second-order valence-electron chi connectivity index (χ2n) is 9.18. The van der Waals surface area contributed by atoms with Crippen LogP contribution in [-0.4, -0.2) is 18.0 Å². The molecule has 1 amide bonds. The van der Waals surface area contributed by atoms with Crippen molar-refractivity contribution in [2.45, 2.75) is 33.1 Å². The van der Waals surface area contributed by atoms with Crippen LogP contribution in [-0.2, 0) is 11.0 Å². The van der Waals surface area contributed by atoms with E-state index in [1.54, 1.807) is 57.2 Å². The van der Waals surface area contributed by atoms with Crippen molar-refractivity contribution in [2.24, 2.45) is 5.41 Å². The van der Waals surface area contributed by atoms with Gasteiger partial charge >= 0.3 is 6.18 Å². The zero-order valence-corrected chi connectivity index (χ0v) is 20.8. The summed E-state index contributed by atoms with van der Waals surface area (Å²) in [4.78, 5) is 23.9. The molecule has 192 valence electrons. The maximum Gasteiger partial charge on any atom is 0.416 e. The summed E-state index contributed by atoms with van der Waals surface area (Å²) in [5.74, 6) is 4.17. The zero-order chi connectivity index (χ0) is 27.4. The van der Waals surface area contributed by atoms with Crippen molar-refractivity contribution in [1.82, 2.24) is 0 Å². The van der Waals surface area contributed by atoms with Crippen LogP contribution in [0.15, 0.2) is 66.7 Å². The lowest BCUT2D eigenvalue weighted by Gasteiger charge is -2.32. The minimum atomic E-state index is -4.48. The second-order valence-corrected chi connectivity index (χ2v) is 9.62. The van der Waals surface area contributed by atoms with E-state index in [1.807, 2.05) is 0 Å². The number of ether oxygens (including phenoxy) is 1. The molecule has 5 nitrogen and oxygen atoms in total. The normalized spacial score (nSPS) is 12.2. The number of rotatable bonds is 5. The first-order valence-corrected chi connectivity index (χ1v) is 11.4. The number of aliphatic carboxylic acids is 1. The zero-order valence-electron chi connectivity index (χ0n) is 20.1. The lowest BCUT2D eigenvalue weighted by molar-refractivity contribution is -0.317. The largest absolute Gasteiger partial charge is 0.546 e. The van der Waals surface area contributed by atoms with Crippen molar-refractivity contribution in [1.29, 1.82) is 0 Å². The monoisotopic (exact) mass is 528 g/mol. The number of amides is 1. The predicted molar refractivity (Wildman–Crippen MR) is 132 cm³/mol. The fraction of sp³-hybridized carbons (Fsp3) is 0.214. The first-order valence-electron chi connectivity index (χ1n) is 11.0. The molecule has 0 aliphatic rings. The van der Waals surface area contributed by atoms with Crippen molar-refractivity contribution in [3.05, 3.63) is 94.0 Å². The highest BCUT2D eigenvalue weighted by Crippen LogP contribution is 2.30. The number of carboxylic acids is 1. The van der Waals surface area contributed by atoms with Crippen LogP contribution in [0.2, 0.25) is 5.02 Å². The Hall–Kier alpha value is -3.96. The molecule has 0 fully saturated rings. The van der Waals surface area contributed by atoms with Gasteiger partial charge in [-0.2, -0.15) is 13.2 Å². The summed E-state index contributed by atoms with van der Waals surface area (Å²) in [6.45, 7) is 5.14. The van der Waals surface area contributed by atoms with E-state index in [4.69, 9.17) is 16.3 Å². The number of carboxylic acid groups (broad SMARTS) is 1. The summed E-state index contributed by atoms with van der Waals surface area (Å²) in [6, 6.07) is 15.0. The number of halogens is 4. The third-order valence-electron chi connectivity index (χ3n) is 5.15. The number of benzene rings is 3. The highest BCUT2D eigenvalue weighted by Gasteiger charge is 2.30. The van der Waals surface area contributed by atoms with Crippen molar-refractivity contribution in [2.75, 3.05) is 5.32 Å². The SMILES string of the molecule is CC(C)(C)C(Oc1ccc(Cl)cc1C#Cc1ccc(NC(=O)c2ccc(C(F)(F)F)cc2)cc1)C(=O)[O-]. The molecule has 9 heteroatoms. The van der Waals surface area contributed by atoms with Crippen molar-refractivity contribution in [3.8, 4) is 17.6 Å². The molecule has 0 bridgehead atoms. The van der Waals surface area contributed by atoms with E-state index in [-0.39, 0.29) is 11.3 Å². The number of carbonyl (C=O) groups is 2. The molecule has 1 N–H and O–H groups in total. The van der Waals surface area contributed by atoms with Gasteiger partial charge in [0.2, 0.25) is 0 Å². The Labute approximate surface area is 217 Å². The van der Waals surface area contributed by atoms with Crippen LogP contribution in [0.3, 0.4) is 0 Å². The van der Waals surface area contributed by atoms with Gasteiger partial charge in [-0.1, -0.05) is 44.2 Å². The summed E-state index contributed by atoms with van der Waals surface area (Å²) < 4.78 is 43.8. The topological polar surface area (TPSA) is 78.5 Å². The summed E-state index contributed by atoms with van der Waals surface area (Å²) in [7, 11) is 0. The molecule has 1 unspecified atom stereocenters. The van der Waals surface area contributed by atoms with Gasteiger partial charge in [0.05, 0.1) is 17.1 Å². The number of hydrogen-bond donors (Lipinski definition) is 1. The molecule has 0 saturated heterocycles. The Morgan fingerprint density at radius 3 is 2.11 bits per heavy atom. The minimum Gasteiger partial charge on any atom is -0.546 e. The molecular weight excluding hydrogens is 507 g/mol. The van der Waals surface area contributed by atoms with E-state index in [1.165, 1.54) is 6.07 Å². The fourth-order valence-electron chi connectivity index (χ4n) is 3.20. The van der Waals surface area contributed by atoms with Gasteiger partial charge in [0.15, 0.2) is 0 Å².